The molecule has 2 saturated carbocycles. The summed E-state index contributed by atoms with van der Waals surface area (Å²) < 4.78 is 24.9. The van der Waals surface area contributed by atoms with E-state index in [2.05, 4.69) is 0 Å². The third kappa shape index (κ3) is 1.88. The van der Waals surface area contributed by atoms with Crippen molar-refractivity contribution >= 4 is 9.84 Å². The van der Waals surface area contributed by atoms with Gasteiger partial charge in [0.2, 0.25) is 0 Å². The Morgan fingerprint density at radius 3 is 2.33 bits per heavy atom. The van der Waals surface area contributed by atoms with E-state index >= 15 is 0 Å². The molecule has 0 bridgehead atoms. The van der Waals surface area contributed by atoms with Gasteiger partial charge in [-0.1, -0.05) is 31.0 Å². The fourth-order valence-electron chi connectivity index (χ4n) is 2.96. The van der Waals surface area contributed by atoms with Gasteiger partial charge < -0.3 is 5.73 Å². The third-order valence-electron chi connectivity index (χ3n) is 4.19. The van der Waals surface area contributed by atoms with Crippen molar-refractivity contribution < 1.29 is 8.42 Å². The second-order valence-corrected chi connectivity index (χ2v) is 7.80. The predicted octanol–water partition coefficient (Wildman–Crippen LogP) is 2.35. The predicted molar refractivity (Wildman–Crippen MR) is 71.0 cm³/mol. The zero-order chi connectivity index (χ0) is 12.8. The Hall–Kier alpha value is -0.870. The molecule has 4 heteroatoms. The number of rotatable bonds is 3. The Bertz CT molecular complexity index is 555. The third-order valence-corrected chi connectivity index (χ3v) is 6.51. The van der Waals surface area contributed by atoms with Crippen molar-refractivity contribution in [2.24, 2.45) is 5.73 Å². The van der Waals surface area contributed by atoms with E-state index in [4.69, 9.17) is 5.73 Å². The van der Waals surface area contributed by atoms with Crippen LogP contribution < -0.4 is 5.73 Å². The number of benzene rings is 1. The van der Waals surface area contributed by atoms with Gasteiger partial charge in [-0.3, -0.25) is 0 Å². The SMILES string of the molecule is NC1(c2ccccc2S(=O)(=O)C2CC2)CCCC1. The Labute approximate surface area is 108 Å². The molecule has 0 aliphatic heterocycles. The van der Waals surface area contributed by atoms with Gasteiger partial charge in [0.25, 0.3) is 0 Å². The summed E-state index contributed by atoms with van der Waals surface area (Å²) in [6, 6.07) is 7.34. The average Bonchev–Trinajstić information content (AvgIpc) is 3.13. The first-order chi connectivity index (χ1) is 8.54. The molecule has 0 heterocycles. The largest absolute Gasteiger partial charge is 0.321 e. The van der Waals surface area contributed by atoms with E-state index in [1.807, 2.05) is 12.1 Å². The first-order valence-corrected chi connectivity index (χ1v) is 8.21. The van der Waals surface area contributed by atoms with E-state index in [-0.39, 0.29) is 5.25 Å². The van der Waals surface area contributed by atoms with Crippen LogP contribution in [0.4, 0.5) is 0 Å². The summed E-state index contributed by atoms with van der Waals surface area (Å²) in [5.74, 6) is 0. The molecular formula is C14H19NO2S. The quantitative estimate of drug-likeness (QED) is 0.912. The Balaban J connectivity index is 2.10. The molecule has 2 N–H and O–H groups in total. The van der Waals surface area contributed by atoms with Crippen LogP contribution in [0.3, 0.4) is 0 Å². The van der Waals surface area contributed by atoms with E-state index in [1.54, 1.807) is 12.1 Å². The van der Waals surface area contributed by atoms with Crippen LogP contribution in [-0.2, 0) is 15.4 Å². The Morgan fingerprint density at radius 2 is 1.72 bits per heavy atom. The highest BCUT2D eigenvalue weighted by atomic mass is 32.2. The van der Waals surface area contributed by atoms with Crippen LogP contribution in [0.2, 0.25) is 0 Å². The van der Waals surface area contributed by atoms with Crippen LogP contribution in [-0.4, -0.2) is 13.7 Å². The molecule has 1 aromatic carbocycles. The van der Waals surface area contributed by atoms with Gasteiger partial charge >= 0.3 is 0 Å². The summed E-state index contributed by atoms with van der Waals surface area (Å²) in [5.41, 5.74) is 6.84. The minimum atomic E-state index is -3.15. The Kier molecular flexibility index (Phi) is 2.75. The minimum Gasteiger partial charge on any atom is -0.321 e. The van der Waals surface area contributed by atoms with Gasteiger partial charge in [-0.15, -0.1) is 0 Å². The van der Waals surface area contributed by atoms with Crippen molar-refractivity contribution in [1.29, 1.82) is 0 Å². The highest BCUT2D eigenvalue weighted by Crippen LogP contribution is 2.42. The van der Waals surface area contributed by atoms with Gasteiger partial charge in [0.15, 0.2) is 9.84 Å². The molecule has 0 atom stereocenters. The molecule has 2 aliphatic carbocycles. The molecule has 0 saturated heterocycles. The molecule has 1 aromatic rings. The van der Waals surface area contributed by atoms with E-state index in [1.165, 1.54) is 0 Å². The molecule has 98 valence electrons. The number of sulfone groups is 1. The first-order valence-electron chi connectivity index (χ1n) is 6.66. The number of hydrogen-bond donors (Lipinski definition) is 1. The monoisotopic (exact) mass is 265 g/mol. The van der Waals surface area contributed by atoms with Crippen molar-refractivity contribution in [1.82, 2.24) is 0 Å². The molecule has 2 aliphatic rings. The lowest BCUT2D eigenvalue weighted by molar-refractivity contribution is 0.450. The lowest BCUT2D eigenvalue weighted by Crippen LogP contribution is -2.35. The van der Waals surface area contributed by atoms with Crippen LogP contribution in [0.1, 0.15) is 44.1 Å². The van der Waals surface area contributed by atoms with Gasteiger partial charge in [0.05, 0.1) is 10.1 Å². The normalized spacial score (nSPS) is 23.2. The average molecular weight is 265 g/mol. The molecule has 0 radical (unpaired) electrons. The summed E-state index contributed by atoms with van der Waals surface area (Å²) in [5, 5.41) is -0.163. The molecule has 3 rings (SSSR count). The summed E-state index contributed by atoms with van der Waals surface area (Å²) in [6.07, 6.45) is 5.57. The summed E-state index contributed by atoms with van der Waals surface area (Å²) in [7, 11) is -3.15. The molecule has 0 spiro atoms. The van der Waals surface area contributed by atoms with Crippen molar-refractivity contribution in [3.63, 3.8) is 0 Å². The van der Waals surface area contributed by atoms with Gasteiger partial charge in [-0.2, -0.15) is 0 Å². The molecular weight excluding hydrogens is 246 g/mol. The highest BCUT2D eigenvalue weighted by molar-refractivity contribution is 7.92. The summed E-state index contributed by atoms with van der Waals surface area (Å²) in [6.45, 7) is 0. The molecule has 18 heavy (non-hydrogen) atoms. The molecule has 2 fully saturated rings. The van der Waals surface area contributed by atoms with Crippen LogP contribution >= 0.6 is 0 Å². The summed E-state index contributed by atoms with van der Waals surface area (Å²) in [4.78, 5) is 0.483. The molecule has 0 unspecified atom stereocenters. The molecule has 3 nitrogen and oxygen atoms in total. The zero-order valence-corrected chi connectivity index (χ0v) is 11.2. The number of nitrogens with two attached hydrogens (primary N) is 1. The van der Waals surface area contributed by atoms with Gasteiger partial charge in [-0.05, 0) is 37.3 Å². The van der Waals surface area contributed by atoms with Crippen molar-refractivity contribution in [2.45, 2.75) is 54.2 Å². The first kappa shape index (κ1) is 12.2. The van der Waals surface area contributed by atoms with Gasteiger partial charge in [0.1, 0.15) is 0 Å². The Morgan fingerprint density at radius 1 is 1.11 bits per heavy atom. The van der Waals surface area contributed by atoms with E-state index < -0.39 is 15.4 Å². The molecule has 0 amide bonds. The van der Waals surface area contributed by atoms with Gasteiger partial charge in [-0.25, -0.2) is 8.42 Å². The lowest BCUT2D eigenvalue weighted by Gasteiger charge is -2.26. The van der Waals surface area contributed by atoms with Crippen LogP contribution in [0.5, 0.6) is 0 Å². The topological polar surface area (TPSA) is 60.2 Å². The molecule has 0 aromatic heterocycles. The maximum Gasteiger partial charge on any atom is 0.181 e. The maximum atomic E-state index is 12.5. The van der Waals surface area contributed by atoms with E-state index in [0.29, 0.717) is 4.90 Å². The van der Waals surface area contributed by atoms with Crippen LogP contribution in [0.25, 0.3) is 0 Å². The summed E-state index contributed by atoms with van der Waals surface area (Å²) >= 11 is 0. The van der Waals surface area contributed by atoms with Crippen LogP contribution in [0.15, 0.2) is 29.2 Å². The fourth-order valence-corrected chi connectivity index (χ4v) is 4.92. The second-order valence-electron chi connectivity index (χ2n) is 5.60. The maximum absolute atomic E-state index is 12.5. The standard InChI is InChI=1S/C14H19NO2S/c15-14(9-3-4-10-14)12-5-1-2-6-13(12)18(16,17)11-7-8-11/h1-2,5-6,11H,3-4,7-10,15H2. The minimum absolute atomic E-state index is 0.163. The highest BCUT2D eigenvalue weighted by Gasteiger charge is 2.41. The van der Waals surface area contributed by atoms with Gasteiger partial charge in [0, 0.05) is 5.54 Å². The lowest BCUT2D eigenvalue weighted by atomic mass is 9.89. The fraction of sp³-hybridized carbons (Fsp3) is 0.571. The van der Waals surface area contributed by atoms with E-state index in [9.17, 15) is 8.42 Å². The van der Waals surface area contributed by atoms with Crippen molar-refractivity contribution in [3.05, 3.63) is 29.8 Å². The zero-order valence-electron chi connectivity index (χ0n) is 10.4. The smallest absolute Gasteiger partial charge is 0.181 e. The van der Waals surface area contributed by atoms with Crippen LogP contribution in [0, 0.1) is 0 Å². The van der Waals surface area contributed by atoms with E-state index in [0.717, 1.165) is 44.1 Å². The van der Waals surface area contributed by atoms with Crippen molar-refractivity contribution in [2.75, 3.05) is 0 Å². The second kappa shape index (κ2) is 4.07. The van der Waals surface area contributed by atoms with Crippen molar-refractivity contribution in [3.8, 4) is 0 Å². The number of hydrogen-bond acceptors (Lipinski definition) is 3.